The number of halogens is 5. The summed E-state index contributed by atoms with van der Waals surface area (Å²) in [5, 5.41) is 0. The number of ketones is 2. The highest BCUT2D eigenvalue weighted by atomic mass is 19.4. The Morgan fingerprint density at radius 2 is 1.58 bits per heavy atom. The van der Waals surface area contributed by atoms with Crippen LogP contribution in [0.3, 0.4) is 0 Å². The van der Waals surface area contributed by atoms with E-state index in [4.69, 9.17) is 0 Å². The molecule has 3 nitrogen and oxygen atoms in total. The fourth-order valence-corrected chi connectivity index (χ4v) is 2.81. The van der Waals surface area contributed by atoms with Crippen molar-refractivity contribution in [1.29, 1.82) is 0 Å². The first-order valence-electron chi connectivity index (χ1n) is 7.41. The van der Waals surface area contributed by atoms with E-state index in [1.54, 1.807) is 0 Å². The number of allylic oxidation sites excluding steroid dienone is 2. The standard InChI is InChI=1S/C18H10F5NO2/c1-8-11(18(21,22)23)3-2-10(24-8)6-9-7-14(25)15-12(19)4-5-13(20)16(15)17(9)26/h2-5,7H,6H2,1H3. The van der Waals surface area contributed by atoms with E-state index in [1.165, 1.54) is 6.92 Å². The number of aromatic nitrogens is 1. The average molecular weight is 367 g/mol. The molecule has 0 saturated carbocycles. The summed E-state index contributed by atoms with van der Waals surface area (Å²) in [7, 11) is 0. The largest absolute Gasteiger partial charge is 0.418 e. The van der Waals surface area contributed by atoms with Crippen LogP contribution in [0.15, 0.2) is 35.9 Å². The second-order valence-corrected chi connectivity index (χ2v) is 5.75. The molecule has 0 amide bonds. The van der Waals surface area contributed by atoms with E-state index in [0.717, 1.165) is 30.3 Å². The second kappa shape index (κ2) is 6.12. The van der Waals surface area contributed by atoms with Gasteiger partial charge in [-0.2, -0.15) is 13.2 Å². The lowest BCUT2D eigenvalue weighted by Gasteiger charge is -2.17. The zero-order chi connectivity index (χ0) is 19.2. The molecule has 0 fully saturated rings. The normalized spacial score (nSPS) is 14.3. The Balaban J connectivity index is 1.97. The molecule has 8 heteroatoms. The first-order valence-corrected chi connectivity index (χ1v) is 7.41. The van der Waals surface area contributed by atoms with E-state index in [1.807, 2.05) is 0 Å². The summed E-state index contributed by atoms with van der Waals surface area (Å²) >= 11 is 0. The smallest absolute Gasteiger partial charge is 0.289 e. The lowest BCUT2D eigenvalue weighted by molar-refractivity contribution is -0.138. The van der Waals surface area contributed by atoms with Crippen LogP contribution in [-0.4, -0.2) is 16.6 Å². The second-order valence-electron chi connectivity index (χ2n) is 5.75. The topological polar surface area (TPSA) is 47.0 Å². The molecule has 1 aromatic heterocycles. The number of hydrogen-bond acceptors (Lipinski definition) is 3. The van der Waals surface area contributed by atoms with Crippen LogP contribution in [0.4, 0.5) is 22.0 Å². The van der Waals surface area contributed by atoms with Gasteiger partial charge in [0, 0.05) is 23.4 Å². The van der Waals surface area contributed by atoms with Crippen molar-refractivity contribution in [3.63, 3.8) is 0 Å². The van der Waals surface area contributed by atoms with Crippen LogP contribution in [0.25, 0.3) is 0 Å². The van der Waals surface area contributed by atoms with Crippen molar-refractivity contribution in [2.24, 2.45) is 0 Å². The molecule has 26 heavy (non-hydrogen) atoms. The predicted molar refractivity (Wildman–Crippen MR) is 80.8 cm³/mol. The average Bonchev–Trinajstić information content (AvgIpc) is 2.53. The highest BCUT2D eigenvalue weighted by molar-refractivity contribution is 6.24. The first kappa shape index (κ1) is 17.9. The number of carbonyl (C=O) groups excluding carboxylic acids is 2. The third kappa shape index (κ3) is 3.02. The van der Waals surface area contributed by atoms with Gasteiger partial charge in [0.25, 0.3) is 0 Å². The maximum absolute atomic E-state index is 13.9. The van der Waals surface area contributed by atoms with Crippen LogP contribution >= 0.6 is 0 Å². The third-order valence-corrected chi connectivity index (χ3v) is 3.99. The molecule has 0 atom stereocenters. The van der Waals surface area contributed by atoms with Crippen LogP contribution < -0.4 is 0 Å². The Bertz CT molecular complexity index is 976. The van der Waals surface area contributed by atoms with Gasteiger partial charge >= 0.3 is 6.18 Å². The van der Waals surface area contributed by atoms with E-state index in [9.17, 15) is 31.5 Å². The minimum atomic E-state index is -4.56. The monoisotopic (exact) mass is 367 g/mol. The van der Waals surface area contributed by atoms with Gasteiger partial charge in [0.15, 0.2) is 11.6 Å². The molecule has 134 valence electrons. The van der Waals surface area contributed by atoms with E-state index < -0.39 is 46.1 Å². The highest BCUT2D eigenvalue weighted by Crippen LogP contribution is 2.32. The minimum Gasteiger partial charge on any atom is -0.289 e. The highest BCUT2D eigenvalue weighted by Gasteiger charge is 2.34. The summed E-state index contributed by atoms with van der Waals surface area (Å²) in [6, 6.07) is 3.38. The summed E-state index contributed by atoms with van der Waals surface area (Å²) in [5.74, 6) is -3.83. The number of pyridine rings is 1. The van der Waals surface area contributed by atoms with Gasteiger partial charge in [0.2, 0.25) is 0 Å². The van der Waals surface area contributed by atoms with Crippen molar-refractivity contribution >= 4 is 11.6 Å². The van der Waals surface area contributed by atoms with Gasteiger partial charge < -0.3 is 0 Å². The molecule has 2 aromatic rings. The van der Waals surface area contributed by atoms with Crippen LogP contribution in [0.5, 0.6) is 0 Å². The lowest BCUT2D eigenvalue weighted by atomic mass is 9.86. The van der Waals surface area contributed by atoms with E-state index in [-0.39, 0.29) is 23.4 Å². The van der Waals surface area contributed by atoms with E-state index >= 15 is 0 Å². The zero-order valence-electron chi connectivity index (χ0n) is 13.2. The molecule has 0 bridgehead atoms. The third-order valence-electron chi connectivity index (χ3n) is 3.99. The molecule has 0 N–H and O–H groups in total. The van der Waals surface area contributed by atoms with Crippen molar-refractivity contribution in [2.45, 2.75) is 19.5 Å². The molecule has 0 spiro atoms. The maximum Gasteiger partial charge on any atom is 0.418 e. The number of alkyl halides is 3. The van der Waals surface area contributed by atoms with Crippen molar-refractivity contribution in [1.82, 2.24) is 4.98 Å². The molecule has 3 rings (SSSR count). The Labute approximate surface area is 144 Å². The number of benzene rings is 1. The maximum atomic E-state index is 13.9. The number of fused-ring (bicyclic) bond motifs is 1. The van der Waals surface area contributed by atoms with E-state index in [0.29, 0.717) is 0 Å². The SMILES string of the molecule is Cc1nc(CC2=CC(=O)c3c(F)ccc(F)c3C2=O)ccc1C(F)(F)F. The van der Waals surface area contributed by atoms with Crippen LogP contribution in [0.1, 0.15) is 37.7 Å². The summed E-state index contributed by atoms with van der Waals surface area (Å²) in [5.41, 5.74) is -2.59. The molecule has 0 unspecified atom stereocenters. The van der Waals surface area contributed by atoms with Gasteiger partial charge in [-0.05, 0) is 37.3 Å². The summed E-state index contributed by atoms with van der Waals surface area (Å²) in [6.45, 7) is 1.17. The van der Waals surface area contributed by atoms with Gasteiger partial charge in [-0.25, -0.2) is 8.78 Å². The van der Waals surface area contributed by atoms with Crippen molar-refractivity contribution in [2.75, 3.05) is 0 Å². The number of aryl methyl sites for hydroxylation is 1. The number of nitrogens with zero attached hydrogens (tertiary/aromatic N) is 1. The number of hydrogen-bond donors (Lipinski definition) is 0. The lowest BCUT2D eigenvalue weighted by Crippen LogP contribution is -2.22. The molecule has 0 saturated heterocycles. The van der Waals surface area contributed by atoms with Crippen molar-refractivity contribution < 1.29 is 31.5 Å². The van der Waals surface area contributed by atoms with Gasteiger partial charge in [-0.15, -0.1) is 0 Å². The summed E-state index contributed by atoms with van der Waals surface area (Å²) in [4.78, 5) is 28.3. The number of Topliss-reactive ketones (excluding diaryl/α,β-unsaturated/α-hetero) is 1. The Hall–Kier alpha value is -2.90. The van der Waals surface area contributed by atoms with E-state index in [2.05, 4.69) is 4.98 Å². The van der Waals surface area contributed by atoms with Gasteiger partial charge in [-0.3, -0.25) is 14.6 Å². The van der Waals surface area contributed by atoms with Gasteiger partial charge in [0.05, 0.1) is 16.7 Å². The quantitative estimate of drug-likeness (QED) is 0.746. The molecule has 1 heterocycles. The molecule has 0 radical (unpaired) electrons. The Morgan fingerprint density at radius 1 is 0.962 bits per heavy atom. The predicted octanol–water partition coefficient (Wildman–Crippen LogP) is 4.24. The van der Waals surface area contributed by atoms with Gasteiger partial charge in [-0.1, -0.05) is 0 Å². The van der Waals surface area contributed by atoms with Crippen LogP contribution in [0.2, 0.25) is 0 Å². The number of rotatable bonds is 2. The summed E-state index contributed by atoms with van der Waals surface area (Å²) in [6.07, 6.45) is -3.98. The van der Waals surface area contributed by atoms with Crippen LogP contribution in [0, 0.1) is 18.6 Å². The number of carbonyl (C=O) groups is 2. The molecule has 0 aliphatic heterocycles. The molecule has 1 aliphatic carbocycles. The fraction of sp³-hybridized carbons (Fsp3) is 0.167. The van der Waals surface area contributed by atoms with Gasteiger partial charge in [0.1, 0.15) is 11.6 Å². The Kier molecular flexibility index (Phi) is 4.21. The zero-order valence-corrected chi connectivity index (χ0v) is 13.2. The molecule has 1 aliphatic rings. The molecule has 1 aromatic carbocycles. The first-order chi connectivity index (χ1) is 12.1. The minimum absolute atomic E-state index is 0.100. The molecular formula is C18H10F5NO2. The fourth-order valence-electron chi connectivity index (χ4n) is 2.81. The summed E-state index contributed by atoms with van der Waals surface area (Å²) < 4.78 is 66.0. The van der Waals surface area contributed by atoms with Crippen LogP contribution in [-0.2, 0) is 12.6 Å². The van der Waals surface area contributed by atoms with Crippen molar-refractivity contribution in [3.8, 4) is 0 Å². The molecular weight excluding hydrogens is 357 g/mol. The van der Waals surface area contributed by atoms with Crippen molar-refractivity contribution in [3.05, 3.63) is 75.6 Å². The Morgan fingerprint density at radius 3 is 2.15 bits per heavy atom.